The molecule has 29 heavy (non-hydrogen) atoms. The van der Waals surface area contributed by atoms with Crippen molar-refractivity contribution >= 4 is 35.9 Å². The smallest absolute Gasteiger partial charge is 0.225 e. The van der Waals surface area contributed by atoms with Crippen LogP contribution in [0.3, 0.4) is 0 Å². The van der Waals surface area contributed by atoms with Gasteiger partial charge in [-0.3, -0.25) is 4.99 Å². The number of aliphatic imine (C=N–C) groups is 1. The second-order valence-electron chi connectivity index (χ2n) is 7.05. The number of ether oxygens (including phenoxy) is 1. The van der Waals surface area contributed by atoms with Crippen molar-refractivity contribution in [1.82, 2.24) is 20.2 Å². The van der Waals surface area contributed by atoms with Crippen LogP contribution in [0, 0.1) is 0 Å². The maximum atomic E-state index is 5.59. The van der Waals surface area contributed by atoms with E-state index in [1.165, 1.54) is 11.1 Å². The summed E-state index contributed by atoms with van der Waals surface area (Å²) in [6.07, 6.45) is 5.56. The van der Waals surface area contributed by atoms with Gasteiger partial charge in [-0.25, -0.2) is 9.97 Å². The standard InChI is InChI=1S/C21H28N6O.HI/c1-2-22-20(25-10-6-17-4-5-19-18(16-17)7-15-28-19)26-11-13-27(14-12-26)21-23-8-3-9-24-21;/h3-5,8-9,16H,2,6-7,10-15H2,1H3,(H,22,25);1H. The Morgan fingerprint density at radius 3 is 2.72 bits per heavy atom. The lowest BCUT2D eigenvalue weighted by atomic mass is 10.1. The van der Waals surface area contributed by atoms with Crippen LogP contribution in [-0.2, 0) is 12.8 Å². The van der Waals surface area contributed by atoms with Crippen LogP contribution < -0.4 is 15.0 Å². The number of halogens is 1. The maximum absolute atomic E-state index is 5.59. The molecule has 2 aliphatic rings. The van der Waals surface area contributed by atoms with Crippen LogP contribution in [0.4, 0.5) is 5.95 Å². The number of hydrogen-bond donors (Lipinski definition) is 1. The van der Waals surface area contributed by atoms with Crippen LogP contribution in [0.5, 0.6) is 5.75 Å². The van der Waals surface area contributed by atoms with Crippen LogP contribution in [-0.4, -0.2) is 66.7 Å². The van der Waals surface area contributed by atoms with Gasteiger partial charge in [-0.1, -0.05) is 12.1 Å². The minimum atomic E-state index is 0. The van der Waals surface area contributed by atoms with E-state index in [0.717, 1.165) is 76.4 Å². The molecule has 7 nitrogen and oxygen atoms in total. The third-order valence-corrected chi connectivity index (χ3v) is 5.16. The van der Waals surface area contributed by atoms with Crippen molar-refractivity contribution in [3.63, 3.8) is 0 Å². The van der Waals surface area contributed by atoms with Gasteiger partial charge >= 0.3 is 0 Å². The molecule has 2 aliphatic heterocycles. The number of nitrogens with zero attached hydrogens (tertiary/aromatic N) is 5. The zero-order valence-electron chi connectivity index (χ0n) is 16.9. The molecule has 0 atom stereocenters. The van der Waals surface area contributed by atoms with E-state index < -0.39 is 0 Å². The molecule has 0 radical (unpaired) electrons. The molecule has 0 amide bonds. The average Bonchev–Trinajstić information content (AvgIpc) is 3.22. The fourth-order valence-corrected chi connectivity index (χ4v) is 3.68. The molecule has 0 unspecified atom stereocenters. The predicted molar refractivity (Wildman–Crippen MR) is 127 cm³/mol. The molecule has 4 rings (SSSR count). The summed E-state index contributed by atoms with van der Waals surface area (Å²) in [5.74, 6) is 2.85. The summed E-state index contributed by atoms with van der Waals surface area (Å²) in [5, 5.41) is 3.44. The van der Waals surface area contributed by atoms with E-state index in [4.69, 9.17) is 9.73 Å². The quantitative estimate of drug-likeness (QED) is 0.380. The van der Waals surface area contributed by atoms with Crippen LogP contribution in [0.1, 0.15) is 18.1 Å². The van der Waals surface area contributed by atoms with E-state index in [0.29, 0.717) is 0 Å². The van der Waals surface area contributed by atoms with Crippen LogP contribution in [0.2, 0.25) is 0 Å². The summed E-state index contributed by atoms with van der Waals surface area (Å²) in [4.78, 5) is 18.2. The van der Waals surface area contributed by atoms with Crippen molar-refractivity contribution in [3.8, 4) is 5.75 Å². The van der Waals surface area contributed by atoms with Crippen molar-refractivity contribution in [3.05, 3.63) is 47.8 Å². The molecular formula is C21H29IN6O. The van der Waals surface area contributed by atoms with Gasteiger partial charge in [0.05, 0.1) is 6.61 Å². The summed E-state index contributed by atoms with van der Waals surface area (Å²) in [6.45, 7) is 8.21. The first kappa shape index (κ1) is 21.6. The van der Waals surface area contributed by atoms with Gasteiger partial charge in [-0.05, 0) is 36.6 Å². The molecule has 1 saturated heterocycles. The fourth-order valence-electron chi connectivity index (χ4n) is 3.68. The topological polar surface area (TPSA) is 65.9 Å². The lowest BCUT2D eigenvalue weighted by Gasteiger charge is -2.36. The van der Waals surface area contributed by atoms with E-state index in [1.54, 1.807) is 12.4 Å². The van der Waals surface area contributed by atoms with Gasteiger partial charge in [-0.15, -0.1) is 24.0 Å². The van der Waals surface area contributed by atoms with Crippen LogP contribution in [0.15, 0.2) is 41.7 Å². The summed E-state index contributed by atoms with van der Waals surface area (Å²) < 4.78 is 5.59. The minimum Gasteiger partial charge on any atom is -0.493 e. The Hall–Kier alpha value is -2.10. The van der Waals surface area contributed by atoms with E-state index in [2.05, 4.69) is 50.2 Å². The summed E-state index contributed by atoms with van der Waals surface area (Å²) >= 11 is 0. The molecule has 156 valence electrons. The van der Waals surface area contributed by atoms with Gasteiger partial charge in [0.25, 0.3) is 0 Å². The second kappa shape index (κ2) is 10.6. The van der Waals surface area contributed by atoms with Gasteiger partial charge in [0, 0.05) is 58.1 Å². The number of aromatic nitrogens is 2. The third-order valence-electron chi connectivity index (χ3n) is 5.16. The first-order valence-electron chi connectivity index (χ1n) is 10.1. The number of anilines is 1. The number of benzene rings is 1. The zero-order chi connectivity index (χ0) is 19.2. The molecule has 8 heteroatoms. The number of hydrogen-bond acceptors (Lipinski definition) is 5. The van der Waals surface area contributed by atoms with Gasteiger partial charge in [0.2, 0.25) is 5.95 Å². The predicted octanol–water partition coefficient (Wildman–Crippen LogP) is 2.36. The Labute approximate surface area is 189 Å². The summed E-state index contributed by atoms with van der Waals surface area (Å²) in [6, 6.07) is 8.37. The number of guanidine groups is 1. The van der Waals surface area contributed by atoms with Crippen molar-refractivity contribution in [2.45, 2.75) is 19.8 Å². The molecule has 3 heterocycles. The number of nitrogens with one attached hydrogen (secondary N) is 1. The average molecular weight is 508 g/mol. The second-order valence-corrected chi connectivity index (χ2v) is 7.05. The number of fused-ring (bicyclic) bond motifs is 1. The molecule has 1 N–H and O–H groups in total. The van der Waals surface area contributed by atoms with Gasteiger partial charge in [0.15, 0.2) is 5.96 Å². The molecule has 1 aromatic heterocycles. The van der Waals surface area contributed by atoms with E-state index in [1.807, 2.05) is 6.07 Å². The normalized spacial score (nSPS) is 16.1. The Bertz CT molecular complexity index is 808. The SMILES string of the molecule is CCNC(=NCCc1ccc2c(c1)CCO2)N1CCN(c2ncccn2)CC1.I. The molecule has 0 spiro atoms. The Balaban J connectivity index is 0.00000240. The monoisotopic (exact) mass is 508 g/mol. The molecule has 1 aromatic carbocycles. The molecule has 0 bridgehead atoms. The van der Waals surface area contributed by atoms with Crippen molar-refractivity contribution in [2.24, 2.45) is 4.99 Å². The van der Waals surface area contributed by atoms with Crippen LogP contribution >= 0.6 is 24.0 Å². The largest absolute Gasteiger partial charge is 0.493 e. The highest BCUT2D eigenvalue weighted by atomic mass is 127. The molecule has 0 aliphatic carbocycles. The molecular weight excluding hydrogens is 479 g/mol. The molecule has 0 saturated carbocycles. The first-order valence-corrected chi connectivity index (χ1v) is 10.1. The first-order chi connectivity index (χ1) is 13.8. The van der Waals surface area contributed by atoms with E-state index >= 15 is 0 Å². The molecule has 1 fully saturated rings. The van der Waals surface area contributed by atoms with Gasteiger partial charge in [0.1, 0.15) is 5.75 Å². The fraction of sp³-hybridized carbons (Fsp3) is 0.476. The lowest BCUT2D eigenvalue weighted by Crippen LogP contribution is -2.53. The Morgan fingerprint density at radius 2 is 1.97 bits per heavy atom. The maximum Gasteiger partial charge on any atom is 0.225 e. The minimum absolute atomic E-state index is 0. The highest BCUT2D eigenvalue weighted by molar-refractivity contribution is 14.0. The van der Waals surface area contributed by atoms with E-state index in [-0.39, 0.29) is 24.0 Å². The highest BCUT2D eigenvalue weighted by Gasteiger charge is 2.21. The van der Waals surface area contributed by atoms with Crippen molar-refractivity contribution < 1.29 is 4.74 Å². The summed E-state index contributed by atoms with van der Waals surface area (Å²) in [5.41, 5.74) is 2.66. The number of piperazine rings is 1. The van der Waals surface area contributed by atoms with Gasteiger partial charge in [-0.2, -0.15) is 0 Å². The Morgan fingerprint density at radius 1 is 1.17 bits per heavy atom. The lowest BCUT2D eigenvalue weighted by molar-refractivity contribution is 0.357. The highest BCUT2D eigenvalue weighted by Crippen LogP contribution is 2.26. The molecule has 2 aromatic rings. The Kier molecular flexibility index (Phi) is 7.91. The summed E-state index contributed by atoms with van der Waals surface area (Å²) in [7, 11) is 0. The van der Waals surface area contributed by atoms with Gasteiger partial charge < -0.3 is 19.9 Å². The zero-order valence-corrected chi connectivity index (χ0v) is 19.2. The third kappa shape index (κ3) is 5.49. The van der Waals surface area contributed by atoms with E-state index in [9.17, 15) is 0 Å². The van der Waals surface area contributed by atoms with Crippen molar-refractivity contribution in [1.29, 1.82) is 0 Å². The number of rotatable bonds is 5. The van der Waals surface area contributed by atoms with Crippen LogP contribution in [0.25, 0.3) is 0 Å². The van der Waals surface area contributed by atoms with Crippen molar-refractivity contribution in [2.75, 3.05) is 50.8 Å².